The predicted molar refractivity (Wildman–Crippen MR) is 130 cm³/mol. The molecule has 0 unspecified atom stereocenters. The minimum Gasteiger partial charge on any atom is -0.422 e. The summed E-state index contributed by atoms with van der Waals surface area (Å²) in [5.74, 6) is -2.55. The van der Waals surface area contributed by atoms with Crippen molar-refractivity contribution in [2.24, 2.45) is 5.10 Å². The van der Waals surface area contributed by atoms with E-state index >= 15 is 0 Å². The third-order valence-electron chi connectivity index (χ3n) is 4.75. The number of nitrogens with zero attached hydrogens (tertiary/aromatic N) is 2. The van der Waals surface area contributed by atoms with Gasteiger partial charge in [0, 0.05) is 28.4 Å². The lowest BCUT2D eigenvalue weighted by atomic mass is 10.1. The number of nitro groups is 1. The summed E-state index contributed by atoms with van der Waals surface area (Å²) in [4.78, 5) is 47.0. The molecule has 0 saturated carbocycles. The molecule has 0 aromatic heterocycles. The number of hydrogen-bond donors (Lipinski definition) is 2. The lowest BCUT2D eigenvalue weighted by Crippen LogP contribution is -2.33. The number of aryl methyl sites for hydroxylation is 1. The Balaban J connectivity index is 1.68. The van der Waals surface area contributed by atoms with Gasteiger partial charge in [0.1, 0.15) is 5.75 Å². The van der Waals surface area contributed by atoms with Gasteiger partial charge in [-0.3, -0.25) is 19.7 Å². The molecular weight excluding hydrogens is 476 g/mol. The molecule has 0 atom stereocenters. The van der Waals surface area contributed by atoms with Crippen molar-refractivity contribution in [1.29, 1.82) is 0 Å². The summed E-state index contributed by atoms with van der Waals surface area (Å²) < 4.78 is 5.41. The van der Waals surface area contributed by atoms with Gasteiger partial charge in [0.25, 0.3) is 5.69 Å². The van der Waals surface area contributed by atoms with Gasteiger partial charge in [-0.2, -0.15) is 5.10 Å². The quantitative estimate of drug-likeness (QED) is 0.131. The summed E-state index contributed by atoms with van der Waals surface area (Å²) in [5, 5.41) is 17.6. The zero-order chi connectivity index (χ0) is 25.5. The molecule has 11 heteroatoms. The van der Waals surface area contributed by atoms with E-state index in [0.29, 0.717) is 16.3 Å². The van der Waals surface area contributed by atoms with Crippen LogP contribution in [0.15, 0.2) is 71.8 Å². The summed E-state index contributed by atoms with van der Waals surface area (Å²) in [6, 6.07) is 16.2. The first-order valence-corrected chi connectivity index (χ1v) is 10.5. The fourth-order valence-corrected chi connectivity index (χ4v) is 3.02. The molecule has 0 fully saturated rings. The van der Waals surface area contributed by atoms with Gasteiger partial charge in [0.2, 0.25) is 0 Å². The maximum atomic E-state index is 12.5. The number of esters is 1. The number of hydrogen-bond acceptors (Lipinski definition) is 7. The van der Waals surface area contributed by atoms with Crippen molar-refractivity contribution in [3.63, 3.8) is 0 Å². The zero-order valence-electron chi connectivity index (χ0n) is 18.6. The number of carbonyl (C=O) groups excluding carboxylic acids is 3. The molecule has 0 heterocycles. The van der Waals surface area contributed by atoms with Crippen LogP contribution >= 0.6 is 11.6 Å². The number of para-hydroxylation sites is 1. The van der Waals surface area contributed by atoms with E-state index in [1.807, 2.05) is 0 Å². The Kier molecular flexibility index (Phi) is 7.90. The van der Waals surface area contributed by atoms with E-state index < -0.39 is 22.7 Å². The molecule has 178 valence electrons. The minimum atomic E-state index is -1.01. The average molecular weight is 495 g/mol. The first-order chi connectivity index (χ1) is 16.7. The van der Waals surface area contributed by atoms with Crippen molar-refractivity contribution in [3.8, 4) is 5.75 Å². The second-order valence-corrected chi connectivity index (χ2v) is 7.65. The van der Waals surface area contributed by atoms with Crippen LogP contribution in [0.25, 0.3) is 0 Å². The second-order valence-electron chi connectivity index (χ2n) is 7.25. The molecule has 0 radical (unpaired) electrons. The highest BCUT2D eigenvalue weighted by Crippen LogP contribution is 2.22. The van der Waals surface area contributed by atoms with Gasteiger partial charge < -0.3 is 10.1 Å². The van der Waals surface area contributed by atoms with E-state index in [1.165, 1.54) is 36.4 Å². The Morgan fingerprint density at radius 2 is 1.69 bits per heavy atom. The van der Waals surface area contributed by atoms with Crippen LogP contribution in [0, 0.1) is 17.0 Å². The molecule has 3 aromatic rings. The third kappa shape index (κ3) is 6.49. The highest BCUT2D eigenvalue weighted by molar-refractivity contribution is 6.40. The summed E-state index contributed by atoms with van der Waals surface area (Å²) >= 11 is 6.02. The summed E-state index contributed by atoms with van der Waals surface area (Å²) in [7, 11) is 0. The molecular formula is C24H19ClN4O6. The van der Waals surface area contributed by atoms with Crippen molar-refractivity contribution in [1.82, 2.24) is 5.43 Å². The fourth-order valence-electron chi connectivity index (χ4n) is 2.84. The van der Waals surface area contributed by atoms with Gasteiger partial charge in [-0.15, -0.1) is 0 Å². The monoisotopic (exact) mass is 494 g/mol. The number of rotatable bonds is 6. The molecule has 0 aliphatic carbocycles. The largest absolute Gasteiger partial charge is 0.422 e. The van der Waals surface area contributed by atoms with E-state index in [9.17, 15) is 24.5 Å². The van der Waals surface area contributed by atoms with E-state index in [2.05, 4.69) is 15.8 Å². The summed E-state index contributed by atoms with van der Waals surface area (Å²) in [6.07, 6.45) is 0. The number of nitrogens with one attached hydrogen (secondary N) is 2. The third-order valence-corrected chi connectivity index (χ3v) is 5.16. The van der Waals surface area contributed by atoms with Crippen molar-refractivity contribution in [3.05, 3.63) is 98.6 Å². The number of nitro benzene ring substituents is 1. The lowest BCUT2D eigenvalue weighted by molar-refractivity contribution is -0.384. The van der Waals surface area contributed by atoms with Crippen molar-refractivity contribution in [2.45, 2.75) is 13.8 Å². The van der Waals surface area contributed by atoms with Gasteiger partial charge in [0.05, 0.1) is 16.2 Å². The Hall–Kier alpha value is -4.57. The normalized spacial score (nSPS) is 10.9. The number of ether oxygens (including phenoxy) is 1. The molecule has 0 aliphatic rings. The number of carbonyl (C=O) groups is 3. The van der Waals surface area contributed by atoms with Crippen LogP contribution in [-0.2, 0) is 9.59 Å². The van der Waals surface area contributed by atoms with Gasteiger partial charge in [-0.05, 0) is 55.8 Å². The number of benzene rings is 3. The van der Waals surface area contributed by atoms with Crippen LogP contribution in [0.5, 0.6) is 5.75 Å². The lowest BCUT2D eigenvalue weighted by Gasteiger charge is -2.10. The van der Waals surface area contributed by atoms with Gasteiger partial charge in [0.15, 0.2) is 0 Å². The maximum Gasteiger partial charge on any atom is 0.343 e. The number of hydrazone groups is 1. The standard InChI is InChI=1S/C24H19ClN4O6/c1-14-7-10-17(13-20(14)25)26-22(30)23(31)28-27-15(2)19-5-3-4-6-21(19)35-24(32)16-8-11-18(12-9-16)29(33)34/h3-13H,1-2H3,(H,26,30)(H,28,31). The van der Waals surface area contributed by atoms with Gasteiger partial charge in [-0.25, -0.2) is 10.2 Å². The maximum absolute atomic E-state index is 12.5. The Bertz CT molecular complexity index is 1340. The number of anilines is 1. The highest BCUT2D eigenvalue weighted by Gasteiger charge is 2.17. The second kappa shape index (κ2) is 11.0. The van der Waals surface area contributed by atoms with Gasteiger partial charge in [-0.1, -0.05) is 29.8 Å². The van der Waals surface area contributed by atoms with Crippen molar-refractivity contribution >= 4 is 46.5 Å². The van der Waals surface area contributed by atoms with Crippen LogP contribution in [0.3, 0.4) is 0 Å². The molecule has 0 spiro atoms. The minimum absolute atomic E-state index is 0.112. The number of amides is 2. The molecule has 0 bridgehead atoms. The molecule has 3 aromatic carbocycles. The van der Waals surface area contributed by atoms with Crippen LogP contribution < -0.4 is 15.5 Å². The molecule has 35 heavy (non-hydrogen) atoms. The number of non-ortho nitro benzene ring substituents is 1. The van der Waals surface area contributed by atoms with Crippen LogP contribution in [0.1, 0.15) is 28.4 Å². The fraction of sp³-hybridized carbons (Fsp3) is 0.0833. The SMILES string of the molecule is CC(=NNC(=O)C(=O)Nc1ccc(C)c(Cl)c1)c1ccccc1OC(=O)c1ccc([N+](=O)[O-])cc1. The molecule has 10 nitrogen and oxygen atoms in total. The van der Waals surface area contributed by atoms with E-state index in [1.54, 1.807) is 44.2 Å². The van der Waals surface area contributed by atoms with E-state index in [0.717, 1.165) is 5.56 Å². The van der Waals surface area contributed by atoms with Crippen molar-refractivity contribution in [2.75, 3.05) is 5.32 Å². The van der Waals surface area contributed by atoms with Crippen LogP contribution in [-0.4, -0.2) is 28.4 Å². The van der Waals surface area contributed by atoms with E-state index in [4.69, 9.17) is 16.3 Å². The van der Waals surface area contributed by atoms with Crippen molar-refractivity contribution < 1.29 is 24.0 Å². The first kappa shape index (κ1) is 25.1. The topological polar surface area (TPSA) is 140 Å². The highest BCUT2D eigenvalue weighted by atomic mass is 35.5. The van der Waals surface area contributed by atoms with E-state index in [-0.39, 0.29) is 22.7 Å². The predicted octanol–water partition coefficient (Wildman–Crippen LogP) is 4.25. The van der Waals surface area contributed by atoms with Crippen LogP contribution in [0.2, 0.25) is 5.02 Å². The van der Waals surface area contributed by atoms with Crippen LogP contribution in [0.4, 0.5) is 11.4 Å². The zero-order valence-corrected chi connectivity index (χ0v) is 19.3. The summed E-state index contributed by atoms with van der Waals surface area (Å²) in [5.41, 5.74) is 3.93. The molecule has 2 N–H and O–H groups in total. The average Bonchev–Trinajstić information content (AvgIpc) is 2.84. The Labute approximate surface area is 204 Å². The van der Waals surface area contributed by atoms with Gasteiger partial charge >= 0.3 is 17.8 Å². The molecule has 3 rings (SSSR count). The first-order valence-electron chi connectivity index (χ1n) is 10.1. The molecule has 0 aliphatic heterocycles. The molecule has 2 amide bonds. The Morgan fingerprint density at radius 1 is 1.00 bits per heavy atom. The Morgan fingerprint density at radius 3 is 2.34 bits per heavy atom. The number of halogens is 1. The smallest absolute Gasteiger partial charge is 0.343 e. The summed E-state index contributed by atoms with van der Waals surface area (Å²) in [6.45, 7) is 3.36. The molecule has 0 saturated heterocycles.